The lowest BCUT2D eigenvalue weighted by atomic mass is 9.71. The lowest BCUT2D eigenvalue weighted by Crippen LogP contribution is -2.43. The highest BCUT2D eigenvalue weighted by molar-refractivity contribution is 5.91. The van der Waals surface area contributed by atoms with E-state index >= 15 is 0 Å². The van der Waals surface area contributed by atoms with E-state index in [4.69, 9.17) is 4.74 Å². The molecule has 3 rings (SSSR count). The number of amides is 1. The number of hydrogen-bond acceptors (Lipinski definition) is 4. The van der Waals surface area contributed by atoms with E-state index in [1.807, 2.05) is 18.1 Å². The van der Waals surface area contributed by atoms with Crippen LogP contribution in [0.25, 0.3) is 0 Å². The van der Waals surface area contributed by atoms with Crippen LogP contribution < -0.4 is 5.32 Å². The van der Waals surface area contributed by atoms with Gasteiger partial charge in [0.2, 0.25) is 0 Å². The number of nitrogens with zero attached hydrogens (tertiary/aromatic N) is 3. The van der Waals surface area contributed by atoms with E-state index in [1.165, 1.54) is 0 Å². The van der Waals surface area contributed by atoms with Gasteiger partial charge in [-0.3, -0.25) is 4.79 Å². The summed E-state index contributed by atoms with van der Waals surface area (Å²) in [6.07, 6.45) is 5.73. The predicted octanol–water partition coefficient (Wildman–Crippen LogP) is 0.930. The zero-order valence-corrected chi connectivity index (χ0v) is 14.1. The number of halogens is 1. The van der Waals surface area contributed by atoms with Crippen LogP contribution in [-0.4, -0.2) is 60.3 Å². The molecule has 2 aliphatic heterocycles. The average molecular weight is 329 g/mol. The van der Waals surface area contributed by atoms with Gasteiger partial charge in [0.15, 0.2) is 5.82 Å². The molecule has 2 saturated heterocycles. The summed E-state index contributed by atoms with van der Waals surface area (Å²) in [5, 5.41) is 3.42. The number of carbonyl (C=O) groups is 1. The molecule has 1 aromatic heterocycles. The van der Waals surface area contributed by atoms with Crippen LogP contribution in [0.4, 0.5) is 0 Å². The predicted molar refractivity (Wildman–Crippen MR) is 86.3 cm³/mol. The third-order valence-electron chi connectivity index (χ3n) is 5.08. The Balaban J connectivity index is 0.00000176. The number of aryl methyl sites for hydroxylation is 1. The molecule has 124 valence electrons. The third-order valence-corrected chi connectivity index (χ3v) is 5.08. The maximum atomic E-state index is 12.7. The van der Waals surface area contributed by atoms with Gasteiger partial charge in [-0.1, -0.05) is 0 Å². The van der Waals surface area contributed by atoms with Gasteiger partial charge in [0.1, 0.15) is 0 Å². The molecule has 1 atom stereocenters. The molecule has 6 nitrogen and oxygen atoms in total. The van der Waals surface area contributed by atoms with Gasteiger partial charge < -0.3 is 19.5 Å². The summed E-state index contributed by atoms with van der Waals surface area (Å²) in [6.45, 7) is 4.40. The summed E-state index contributed by atoms with van der Waals surface area (Å²) < 4.78 is 7.21. The van der Waals surface area contributed by atoms with Crippen LogP contribution in [0, 0.1) is 11.3 Å². The molecule has 2 aliphatic rings. The number of rotatable bonds is 3. The number of aromatic nitrogens is 2. The van der Waals surface area contributed by atoms with Gasteiger partial charge in [-0.25, -0.2) is 4.98 Å². The normalized spacial score (nSPS) is 23.5. The molecule has 3 heterocycles. The van der Waals surface area contributed by atoms with Gasteiger partial charge in [0.25, 0.3) is 5.91 Å². The van der Waals surface area contributed by atoms with Crippen molar-refractivity contribution in [3.05, 3.63) is 18.2 Å². The molecule has 1 unspecified atom stereocenters. The second kappa shape index (κ2) is 6.98. The van der Waals surface area contributed by atoms with E-state index in [0.717, 1.165) is 45.6 Å². The Bertz CT molecular complexity index is 513. The van der Waals surface area contributed by atoms with Crippen molar-refractivity contribution in [2.75, 3.05) is 39.9 Å². The number of hydrogen-bond donors (Lipinski definition) is 1. The molecule has 7 heteroatoms. The number of piperidine rings is 1. The van der Waals surface area contributed by atoms with Crippen molar-refractivity contribution in [3.8, 4) is 0 Å². The Kier molecular flexibility index (Phi) is 5.47. The molecule has 1 amide bonds. The maximum Gasteiger partial charge on any atom is 0.289 e. The van der Waals surface area contributed by atoms with Crippen LogP contribution in [0.3, 0.4) is 0 Å². The van der Waals surface area contributed by atoms with Gasteiger partial charge >= 0.3 is 0 Å². The fraction of sp³-hybridized carbons (Fsp3) is 0.733. The molecule has 1 aromatic rings. The van der Waals surface area contributed by atoms with Crippen LogP contribution in [0.15, 0.2) is 12.4 Å². The summed E-state index contributed by atoms with van der Waals surface area (Å²) in [6, 6.07) is 0. The second-order valence-corrected chi connectivity index (χ2v) is 6.31. The average Bonchev–Trinajstić information content (AvgIpc) is 3.05. The monoisotopic (exact) mass is 328 g/mol. The van der Waals surface area contributed by atoms with Crippen molar-refractivity contribution in [2.45, 2.75) is 12.8 Å². The lowest BCUT2D eigenvalue weighted by molar-refractivity contribution is 0.0698. The molecule has 0 radical (unpaired) electrons. The van der Waals surface area contributed by atoms with E-state index in [-0.39, 0.29) is 23.7 Å². The van der Waals surface area contributed by atoms with E-state index in [2.05, 4.69) is 10.3 Å². The smallest absolute Gasteiger partial charge is 0.289 e. The van der Waals surface area contributed by atoms with Gasteiger partial charge in [-0.15, -0.1) is 12.4 Å². The molecule has 0 aromatic carbocycles. The molecule has 0 bridgehead atoms. The first-order valence-corrected chi connectivity index (χ1v) is 7.62. The molecule has 22 heavy (non-hydrogen) atoms. The SMILES string of the molecule is COCC1CN(C(=O)c2nccn2C)CC12CCNCC2.Cl. The van der Waals surface area contributed by atoms with Gasteiger partial charge in [-0.2, -0.15) is 0 Å². The van der Waals surface area contributed by atoms with Crippen LogP contribution in [0.1, 0.15) is 23.5 Å². The molecule has 1 N–H and O–H groups in total. The number of carbonyl (C=O) groups excluding carboxylic acids is 1. The number of likely N-dealkylation sites (tertiary alicyclic amines) is 1. The van der Waals surface area contributed by atoms with E-state index in [9.17, 15) is 4.79 Å². The van der Waals surface area contributed by atoms with Crippen molar-refractivity contribution in [1.82, 2.24) is 19.8 Å². The van der Waals surface area contributed by atoms with Crippen LogP contribution in [0.2, 0.25) is 0 Å². The maximum absolute atomic E-state index is 12.7. The lowest BCUT2D eigenvalue weighted by Gasteiger charge is -2.38. The zero-order valence-electron chi connectivity index (χ0n) is 13.2. The van der Waals surface area contributed by atoms with Gasteiger partial charge in [-0.05, 0) is 31.3 Å². The summed E-state index contributed by atoms with van der Waals surface area (Å²) in [7, 11) is 3.61. The molecular formula is C15H25ClN4O2. The molecule has 0 saturated carbocycles. The van der Waals surface area contributed by atoms with Crippen LogP contribution in [0.5, 0.6) is 0 Å². The Labute approximate surface area is 137 Å². The standard InChI is InChI=1S/C15H24N4O2.ClH/c1-18-8-7-17-13(18)14(20)19-9-12(10-21-2)15(11-19)3-5-16-6-4-15;/h7-8,12,16H,3-6,9-11H2,1-2H3;1H. The molecule has 1 spiro atoms. The van der Waals surface area contributed by atoms with Crippen molar-refractivity contribution < 1.29 is 9.53 Å². The first-order chi connectivity index (χ1) is 10.2. The van der Waals surface area contributed by atoms with E-state index < -0.39 is 0 Å². The Hall–Kier alpha value is -1.11. The topological polar surface area (TPSA) is 59.4 Å². The Morgan fingerprint density at radius 2 is 2.23 bits per heavy atom. The summed E-state index contributed by atoms with van der Waals surface area (Å²) in [4.78, 5) is 18.9. The van der Waals surface area contributed by atoms with Gasteiger partial charge in [0.05, 0.1) is 6.61 Å². The van der Waals surface area contributed by atoms with Crippen molar-refractivity contribution in [2.24, 2.45) is 18.4 Å². The minimum Gasteiger partial charge on any atom is -0.384 e. The first kappa shape index (κ1) is 17.2. The van der Waals surface area contributed by atoms with Crippen LogP contribution >= 0.6 is 12.4 Å². The number of methoxy groups -OCH3 is 1. The van der Waals surface area contributed by atoms with Crippen molar-refractivity contribution in [1.29, 1.82) is 0 Å². The fourth-order valence-corrected chi connectivity index (χ4v) is 3.82. The fourth-order valence-electron chi connectivity index (χ4n) is 3.82. The van der Waals surface area contributed by atoms with Crippen LogP contribution in [-0.2, 0) is 11.8 Å². The highest BCUT2D eigenvalue weighted by Crippen LogP contribution is 2.43. The number of imidazole rings is 1. The number of nitrogens with one attached hydrogen (secondary N) is 1. The first-order valence-electron chi connectivity index (χ1n) is 7.62. The molecule has 0 aliphatic carbocycles. The minimum atomic E-state index is 0. The summed E-state index contributed by atoms with van der Waals surface area (Å²) >= 11 is 0. The highest BCUT2D eigenvalue weighted by Gasteiger charge is 2.48. The summed E-state index contributed by atoms with van der Waals surface area (Å²) in [5.74, 6) is 0.991. The Morgan fingerprint density at radius 3 is 2.82 bits per heavy atom. The summed E-state index contributed by atoms with van der Waals surface area (Å²) in [5.41, 5.74) is 0.210. The highest BCUT2D eigenvalue weighted by atomic mass is 35.5. The second-order valence-electron chi connectivity index (χ2n) is 6.31. The zero-order chi connectivity index (χ0) is 14.9. The van der Waals surface area contributed by atoms with Crippen molar-refractivity contribution in [3.63, 3.8) is 0 Å². The number of ether oxygens (including phenoxy) is 1. The van der Waals surface area contributed by atoms with E-state index in [0.29, 0.717) is 11.7 Å². The Morgan fingerprint density at radius 1 is 1.50 bits per heavy atom. The third kappa shape index (κ3) is 3.00. The quantitative estimate of drug-likeness (QED) is 0.897. The molecular weight excluding hydrogens is 304 g/mol. The largest absolute Gasteiger partial charge is 0.384 e. The van der Waals surface area contributed by atoms with E-state index in [1.54, 1.807) is 17.9 Å². The van der Waals surface area contributed by atoms with Gasteiger partial charge in [0, 0.05) is 45.6 Å². The van der Waals surface area contributed by atoms with Crippen molar-refractivity contribution >= 4 is 18.3 Å². The molecule has 2 fully saturated rings. The minimum absolute atomic E-state index is 0.